The SMILES string of the molecule is NC(=O)c1cccc2nc3cc(F)[nH]n3c12. The number of imidazole rings is 1. The molecule has 0 fully saturated rings. The van der Waals surface area contributed by atoms with Crippen molar-refractivity contribution in [3.05, 3.63) is 35.8 Å². The Morgan fingerprint density at radius 1 is 1.50 bits per heavy atom. The molecule has 2 aromatic heterocycles. The Bertz CT molecular complexity index is 712. The van der Waals surface area contributed by atoms with Gasteiger partial charge in [0.15, 0.2) is 5.65 Å². The average Bonchev–Trinajstić information content (AvgIpc) is 2.72. The monoisotopic (exact) mass is 218 g/mol. The molecular formula is C10H7FN4O. The number of nitrogens with two attached hydrogens (primary N) is 1. The minimum atomic E-state index is -0.567. The van der Waals surface area contributed by atoms with E-state index in [-0.39, 0.29) is 0 Å². The molecule has 3 rings (SSSR count). The quantitative estimate of drug-likeness (QED) is 0.640. The van der Waals surface area contributed by atoms with E-state index < -0.39 is 11.9 Å². The van der Waals surface area contributed by atoms with E-state index in [0.29, 0.717) is 22.2 Å². The number of hydrogen-bond acceptors (Lipinski definition) is 2. The molecule has 0 spiro atoms. The summed E-state index contributed by atoms with van der Waals surface area (Å²) in [6, 6.07) is 6.26. The van der Waals surface area contributed by atoms with Crippen LogP contribution < -0.4 is 5.73 Å². The van der Waals surface area contributed by atoms with Gasteiger partial charge in [-0.25, -0.2) is 9.50 Å². The lowest BCUT2D eigenvalue weighted by Gasteiger charge is -1.97. The number of aromatic amines is 1. The highest BCUT2D eigenvalue weighted by Gasteiger charge is 2.14. The van der Waals surface area contributed by atoms with E-state index in [1.165, 1.54) is 10.6 Å². The first-order valence-electron chi connectivity index (χ1n) is 4.62. The molecule has 1 amide bonds. The predicted molar refractivity (Wildman–Crippen MR) is 55.5 cm³/mol. The van der Waals surface area contributed by atoms with Crippen LogP contribution in [-0.2, 0) is 0 Å². The number of benzene rings is 1. The minimum absolute atomic E-state index is 0.312. The van der Waals surface area contributed by atoms with Crippen molar-refractivity contribution in [3.8, 4) is 0 Å². The van der Waals surface area contributed by atoms with E-state index in [0.717, 1.165) is 0 Å². The van der Waals surface area contributed by atoms with Crippen molar-refractivity contribution in [2.75, 3.05) is 0 Å². The largest absolute Gasteiger partial charge is 0.366 e. The van der Waals surface area contributed by atoms with Gasteiger partial charge in [0.2, 0.25) is 5.95 Å². The van der Waals surface area contributed by atoms with Gasteiger partial charge in [-0.05, 0) is 12.1 Å². The molecule has 3 N–H and O–H groups in total. The molecule has 80 valence electrons. The van der Waals surface area contributed by atoms with Crippen molar-refractivity contribution in [1.29, 1.82) is 0 Å². The van der Waals surface area contributed by atoms with Crippen molar-refractivity contribution >= 4 is 22.6 Å². The molecular weight excluding hydrogens is 211 g/mol. The van der Waals surface area contributed by atoms with Crippen molar-refractivity contribution < 1.29 is 9.18 Å². The van der Waals surface area contributed by atoms with Crippen LogP contribution in [0.1, 0.15) is 10.4 Å². The Morgan fingerprint density at radius 3 is 3.06 bits per heavy atom. The third kappa shape index (κ3) is 1.04. The second-order valence-electron chi connectivity index (χ2n) is 3.45. The maximum Gasteiger partial charge on any atom is 0.250 e. The number of amides is 1. The summed E-state index contributed by atoms with van der Waals surface area (Å²) in [5.74, 6) is -1.08. The van der Waals surface area contributed by atoms with E-state index >= 15 is 0 Å². The second kappa shape index (κ2) is 2.82. The van der Waals surface area contributed by atoms with Gasteiger partial charge in [-0.2, -0.15) is 4.39 Å². The van der Waals surface area contributed by atoms with Gasteiger partial charge >= 0.3 is 0 Å². The van der Waals surface area contributed by atoms with E-state index in [4.69, 9.17) is 5.73 Å². The normalized spacial score (nSPS) is 11.3. The fourth-order valence-corrected chi connectivity index (χ4v) is 1.81. The van der Waals surface area contributed by atoms with Gasteiger partial charge in [0, 0.05) is 6.07 Å². The van der Waals surface area contributed by atoms with Crippen molar-refractivity contribution in [2.24, 2.45) is 5.73 Å². The summed E-state index contributed by atoms with van der Waals surface area (Å²) in [5, 5.41) is 2.46. The Balaban J connectivity index is 2.55. The number of H-pyrrole nitrogens is 1. The number of rotatable bonds is 1. The number of hydrogen-bond donors (Lipinski definition) is 2. The molecule has 6 heteroatoms. The highest BCUT2D eigenvalue weighted by Crippen LogP contribution is 2.20. The molecule has 1 aromatic carbocycles. The van der Waals surface area contributed by atoms with Gasteiger partial charge in [0.05, 0.1) is 11.1 Å². The van der Waals surface area contributed by atoms with Crippen LogP contribution in [0, 0.1) is 5.95 Å². The summed E-state index contributed by atoms with van der Waals surface area (Å²) in [6.45, 7) is 0. The number of halogens is 1. The summed E-state index contributed by atoms with van der Waals surface area (Å²) in [5.41, 5.74) is 7.07. The fraction of sp³-hybridized carbons (Fsp3) is 0. The van der Waals surface area contributed by atoms with Gasteiger partial charge in [-0.15, -0.1) is 0 Å². The van der Waals surface area contributed by atoms with Crippen molar-refractivity contribution in [1.82, 2.24) is 14.6 Å². The fourth-order valence-electron chi connectivity index (χ4n) is 1.81. The molecule has 0 aliphatic rings. The topological polar surface area (TPSA) is 76.2 Å². The Hall–Kier alpha value is -2.37. The molecule has 0 atom stereocenters. The molecule has 3 aromatic rings. The van der Waals surface area contributed by atoms with Gasteiger partial charge in [-0.1, -0.05) is 6.07 Å². The maximum atomic E-state index is 13.0. The van der Waals surface area contributed by atoms with Crippen molar-refractivity contribution in [2.45, 2.75) is 0 Å². The van der Waals surface area contributed by atoms with E-state index in [9.17, 15) is 9.18 Å². The van der Waals surface area contributed by atoms with E-state index in [1.807, 2.05) is 0 Å². The van der Waals surface area contributed by atoms with Crippen LogP contribution in [0.15, 0.2) is 24.3 Å². The van der Waals surface area contributed by atoms with Gasteiger partial charge < -0.3 is 5.73 Å². The molecule has 0 bridgehead atoms. The Morgan fingerprint density at radius 2 is 2.31 bits per heavy atom. The summed E-state index contributed by atoms with van der Waals surface area (Å²) >= 11 is 0. The zero-order valence-electron chi connectivity index (χ0n) is 8.07. The highest BCUT2D eigenvalue weighted by atomic mass is 19.1. The molecule has 0 unspecified atom stereocenters. The lowest BCUT2D eigenvalue weighted by Crippen LogP contribution is -2.12. The lowest BCUT2D eigenvalue weighted by molar-refractivity contribution is 0.100. The zero-order chi connectivity index (χ0) is 11.3. The third-order valence-electron chi connectivity index (χ3n) is 2.44. The number of para-hydroxylation sites is 1. The lowest BCUT2D eigenvalue weighted by atomic mass is 10.2. The predicted octanol–water partition coefficient (Wildman–Crippen LogP) is 1.05. The molecule has 2 heterocycles. The van der Waals surface area contributed by atoms with Gasteiger partial charge in [0.25, 0.3) is 5.91 Å². The molecule has 0 saturated carbocycles. The number of fused-ring (bicyclic) bond motifs is 3. The molecule has 5 nitrogen and oxygen atoms in total. The third-order valence-corrected chi connectivity index (χ3v) is 2.44. The van der Waals surface area contributed by atoms with Gasteiger partial charge in [0.1, 0.15) is 5.52 Å². The van der Waals surface area contributed by atoms with Crippen LogP contribution in [0.3, 0.4) is 0 Å². The van der Waals surface area contributed by atoms with E-state index in [1.54, 1.807) is 18.2 Å². The number of carbonyl (C=O) groups is 1. The summed E-state index contributed by atoms with van der Waals surface area (Å²) in [6.07, 6.45) is 0. The number of nitrogens with zero attached hydrogens (tertiary/aromatic N) is 2. The van der Waals surface area contributed by atoms with Crippen LogP contribution in [0.25, 0.3) is 16.7 Å². The van der Waals surface area contributed by atoms with Crippen molar-refractivity contribution in [3.63, 3.8) is 0 Å². The highest BCUT2D eigenvalue weighted by molar-refractivity contribution is 6.04. The number of carbonyl (C=O) groups excluding carboxylic acids is 1. The van der Waals surface area contributed by atoms with Crippen LogP contribution >= 0.6 is 0 Å². The standard InChI is InChI=1S/C10H7FN4O/c11-7-4-8-13-6-3-1-2-5(10(12)16)9(6)15(8)14-7/h1-4,14H,(H2,12,16). The van der Waals surface area contributed by atoms with Crippen LogP contribution in [0.5, 0.6) is 0 Å². The smallest absolute Gasteiger partial charge is 0.250 e. The molecule has 0 aliphatic heterocycles. The summed E-state index contributed by atoms with van der Waals surface area (Å²) in [4.78, 5) is 15.4. The van der Waals surface area contributed by atoms with Gasteiger partial charge in [-0.3, -0.25) is 9.89 Å². The Labute approximate surface area is 88.7 Å². The van der Waals surface area contributed by atoms with Crippen LogP contribution in [0.4, 0.5) is 4.39 Å². The number of aromatic nitrogens is 3. The molecule has 0 radical (unpaired) electrons. The Kier molecular flexibility index (Phi) is 1.57. The second-order valence-corrected chi connectivity index (χ2v) is 3.45. The number of primary amides is 1. The average molecular weight is 218 g/mol. The molecule has 16 heavy (non-hydrogen) atoms. The minimum Gasteiger partial charge on any atom is -0.366 e. The van der Waals surface area contributed by atoms with Crippen LogP contribution in [-0.4, -0.2) is 20.5 Å². The first-order valence-corrected chi connectivity index (χ1v) is 4.62. The summed E-state index contributed by atoms with van der Waals surface area (Å²) in [7, 11) is 0. The molecule has 0 aliphatic carbocycles. The number of nitrogens with one attached hydrogen (secondary N) is 1. The maximum absolute atomic E-state index is 13.0. The first-order chi connectivity index (χ1) is 7.66. The van der Waals surface area contributed by atoms with Crippen LogP contribution in [0.2, 0.25) is 0 Å². The first kappa shape index (κ1) is 8.90. The zero-order valence-corrected chi connectivity index (χ0v) is 8.07. The van der Waals surface area contributed by atoms with E-state index in [2.05, 4.69) is 10.1 Å². The molecule has 0 saturated heterocycles. The summed E-state index contributed by atoms with van der Waals surface area (Å²) < 4.78 is 14.4.